The van der Waals surface area contributed by atoms with Crippen LogP contribution in [-0.4, -0.2) is 51.5 Å². The van der Waals surface area contributed by atoms with Crippen LogP contribution >= 0.6 is 23.2 Å². The molecule has 1 atom stereocenters. The molecule has 0 aromatic heterocycles. The molecule has 0 radical (unpaired) electrons. The van der Waals surface area contributed by atoms with Crippen molar-refractivity contribution in [2.75, 3.05) is 11.4 Å². The topological polar surface area (TPSA) is 161 Å². The third-order valence-electron chi connectivity index (χ3n) is 6.18. The van der Waals surface area contributed by atoms with Crippen molar-refractivity contribution in [3.63, 3.8) is 0 Å². The number of benzene rings is 3. The third-order valence-corrected chi connectivity index (χ3v) is 9.73. The van der Waals surface area contributed by atoms with Gasteiger partial charge in [0.05, 0.1) is 22.0 Å². The van der Waals surface area contributed by atoms with Gasteiger partial charge in [0, 0.05) is 18.5 Å². The second-order valence-electron chi connectivity index (χ2n) is 9.00. The van der Waals surface area contributed by atoms with E-state index in [0.717, 1.165) is 15.3 Å². The summed E-state index contributed by atoms with van der Waals surface area (Å²) in [5, 5.41) is 5.10. The summed E-state index contributed by atoms with van der Waals surface area (Å²) in [6.07, 6.45) is -0.399. The summed E-state index contributed by atoms with van der Waals surface area (Å²) in [4.78, 5) is 38.2. The number of rotatable bonds is 9. The van der Waals surface area contributed by atoms with Crippen molar-refractivity contribution in [1.29, 1.82) is 0 Å². The maximum Gasteiger partial charge on any atom is 0.308 e. The fraction of sp³-hybridized carbons (Fsp3) is 0.192. The van der Waals surface area contributed by atoms with Gasteiger partial charge in [0.15, 0.2) is 0 Å². The van der Waals surface area contributed by atoms with E-state index in [-0.39, 0.29) is 44.2 Å². The summed E-state index contributed by atoms with van der Waals surface area (Å²) in [5.74, 6) is -1.78. The number of primary sulfonamides is 1. The van der Waals surface area contributed by atoms with E-state index in [1.54, 1.807) is 0 Å². The first-order valence-electron chi connectivity index (χ1n) is 11.9. The molecule has 0 spiro atoms. The van der Waals surface area contributed by atoms with Crippen LogP contribution in [0.2, 0.25) is 10.0 Å². The van der Waals surface area contributed by atoms with Crippen molar-refractivity contribution in [1.82, 2.24) is 4.31 Å². The molecule has 1 unspecified atom stereocenters. The van der Waals surface area contributed by atoms with E-state index in [2.05, 4.69) is 0 Å². The Morgan fingerprint density at radius 2 is 1.63 bits per heavy atom. The lowest BCUT2D eigenvalue weighted by Crippen LogP contribution is -2.46. The largest absolute Gasteiger partial charge is 0.427 e. The first kappa shape index (κ1) is 30.6. The van der Waals surface area contributed by atoms with Gasteiger partial charge in [-0.15, -0.1) is 0 Å². The predicted molar refractivity (Wildman–Crippen MR) is 151 cm³/mol. The van der Waals surface area contributed by atoms with Crippen LogP contribution in [0.5, 0.6) is 5.75 Å². The average Bonchev–Trinajstić information content (AvgIpc) is 3.18. The molecule has 1 saturated heterocycles. The molecule has 3 aromatic carbocycles. The van der Waals surface area contributed by atoms with Gasteiger partial charge in [-0.1, -0.05) is 35.3 Å². The number of hydrogen-bond donors (Lipinski definition) is 1. The summed E-state index contributed by atoms with van der Waals surface area (Å²) in [6.45, 7) is 0.963. The van der Waals surface area contributed by atoms with Crippen LogP contribution in [0.15, 0.2) is 76.5 Å². The first-order valence-corrected chi connectivity index (χ1v) is 15.7. The highest BCUT2D eigenvalue weighted by Gasteiger charge is 2.47. The molecule has 11 nitrogen and oxygen atoms in total. The summed E-state index contributed by atoms with van der Waals surface area (Å²) < 4.78 is 56.8. The van der Waals surface area contributed by atoms with Crippen molar-refractivity contribution in [3.05, 3.63) is 82.3 Å². The number of carbonyl (C=O) groups excluding carboxylic acids is 3. The van der Waals surface area contributed by atoms with E-state index in [1.165, 1.54) is 67.6 Å². The van der Waals surface area contributed by atoms with E-state index in [0.29, 0.717) is 5.56 Å². The first-order chi connectivity index (χ1) is 19.2. The number of anilines is 1. The van der Waals surface area contributed by atoms with Gasteiger partial charge < -0.3 is 4.74 Å². The van der Waals surface area contributed by atoms with Gasteiger partial charge in [0.1, 0.15) is 16.7 Å². The minimum Gasteiger partial charge on any atom is -0.427 e. The minimum absolute atomic E-state index is 0.0529. The molecular formula is C26H23Cl2N3O8S2. The van der Waals surface area contributed by atoms with Gasteiger partial charge in [-0.3, -0.25) is 14.4 Å². The Morgan fingerprint density at radius 1 is 1.00 bits per heavy atom. The average molecular weight is 641 g/mol. The number of esters is 1. The number of halogens is 2. The van der Waals surface area contributed by atoms with E-state index in [1.807, 2.05) is 0 Å². The van der Waals surface area contributed by atoms with Gasteiger partial charge in [-0.05, 0) is 66.6 Å². The lowest BCUT2D eigenvalue weighted by molar-refractivity contribution is -0.132. The zero-order valence-corrected chi connectivity index (χ0v) is 24.5. The highest BCUT2D eigenvalue weighted by Crippen LogP contribution is 2.33. The van der Waals surface area contributed by atoms with E-state index >= 15 is 0 Å². The summed E-state index contributed by atoms with van der Waals surface area (Å²) in [7, 11) is -8.41. The standard InChI is InChI=1S/C26H23Cl2N3O8S2/c1-16(32)39-20-7-5-19(6-8-20)31-25(33)15-23(26(31)34)30(41(37,38)24-14-18(27)4-11-22(24)28)13-12-17-2-9-21(10-3-17)40(29,35)36/h2-11,14,23H,12-13,15H2,1H3,(H2,29,35,36). The molecule has 1 aliphatic heterocycles. The maximum absolute atomic E-state index is 13.9. The molecule has 4 rings (SSSR count). The lowest BCUT2D eigenvalue weighted by Gasteiger charge is -2.27. The van der Waals surface area contributed by atoms with Crippen LogP contribution in [0.3, 0.4) is 0 Å². The summed E-state index contributed by atoms with van der Waals surface area (Å²) in [6, 6.07) is 13.5. The highest BCUT2D eigenvalue weighted by molar-refractivity contribution is 7.89. The number of hydrogen-bond acceptors (Lipinski definition) is 8. The number of ether oxygens (including phenoxy) is 1. The van der Waals surface area contributed by atoms with Crippen LogP contribution in [0.1, 0.15) is 18.9 Å². The quantitative estimate of drug-likeness (QED) is 0.212. The van der Waals surface area contributed by atoms with E-state index in [9.17, 15) is 31.2 Å². The molecule has 3 aromatic rings. The second-order valence-corrected chi connectivity index (χ2v) is 13.3. The molecular weight excluding hydrogens is 617 g/mol. The Labute approximate surface area is 246 Å². The van der Waals surface area contributed by atoms with Crippen LogP contribution in [0.25, 0.3) is 0 Å². The van der Waals surface area contributed by atoms with E-state index < -0.39 is 50.3 Å². The Hall–Kier alpha value is -3.33. The highest BCUT2D eigenvalue weighted by atomic mass is 35.5. The Kier molecular flexibility index (Phi) is 8.87. The molecule has 216 valence electrons. The number of imide groups is 1. The van der Waals surface area contributed by atoms with Crippen LogP contribution in [0, 0.1) is 0 Å². The van der Waals surface area contributed by atoms with Gasteiger partial charge >= 0.3 is 5.97 Å². The maximum atomic E-state index is 13.9. The number of nitrogens with zero attached hydrogens (tertiary/aromatic N) is 2. The molecule has 15 heteroatoms. The zero-order chi connectivity index (χ0) is 30.1. The van der Waals surface area contributed by atoms with Crippen molar-refractivity contribution >= 4 is 66.7 Å². The van der Waals surface area contributed by atoms with Crippen molar-refractivity contribution in [3.8, 4) is 5.75 Å². The number of sulfonamides is 2. The molecule has 0 saturated carbocycles. The Balaban J connectivity index is 1.69. The monoisotopic (exact) mass is 639 g/mol. The van der Waals surface area contributed by atoms with Crippen LogP contribution in [0.4, 0.5) is 5.69 Å². The second kappa shape index (κ2) is 11.9. The molecule has 1 heterocycles. The van der Waals surface area contributed by atoms with Crippen LogP contribution in [-0.2, 0) is 40.9 Å². The van der Waals surface area contributed by atoms with Gasteiger partial charge in [0.25, 0.3) is 5.91 Å². The molecule has 2 N–H and O–H groups in total. The summed E-state index contributed by atoms with van der Waals surface area (Å²) >= 11 is 12.3. The molecule has 1 aliphatic rings. The minimum atomic E-state index is -4.48. The van der Waals surface area contributed by atoms with Crippen LogP contribution < -0.4 is 14.8 Å². The molecule has 2 amide bonds. The van der Waals surface area contributed by atoms with Crippen molar-refractivity contribution in [2.45, 2.75) is 35.6 Å². The van der Waals surface area contributed by atoms with Gasteiger partial charge in [0.2, 0.25) is 26.0 Å². The summed E-state index contributed by atoms with van der Waals surface area (Å²) in [5.41, 5.74) is 0.708. The normalized spacial score (nSPS) is 15.9. The number of nitrogens with two attached hydrogens (primary N) is 1. The SMILES string of the molecule is CC(=O)Oc1ccc(N2C(=O)CC(N(CCc3ccc(S(N)(=O)=O)cc3)S(=O)(=O)c3cc(Cl)ccc3Cl)C2=O)cc1. The predicted octanol–water partition coefficient (Wildman–Crippen LogP) is 3.13. The lowest BCUT2D eigenvalue weighted by atomic mass is 10.1. The Bertz CT molecular complexity index is 1730. The van der Waals surface area contributed by atoms with Gasteiger partial charge in [-0.2, -0.15) is 4.31 Å². The van der Waals surface area contributed by atoms with E-state index in [4.69, 9.17) is 33.1 Å². The smallest absolute Gasteiger partial charge is 0.308 e. The molecule has 0 aliphatic carbocycles. The molecule has 41 heavy (non-hydrogen) atoms. The Morgan fingerprint density at radius 3 is 2.22 bits per heavy atom. The van der Waals surface area contributed by atoms with Crippen molar-refractivity contribution < 1.29 is 36.0 Å². The molecule has 0 bridgehead atoms. The number of amides is 2. The number of carbonyl (C=O) groups is 3. The fourth-order valence-corrected chi connectivity index (χ4v) is 7.11. The van der Waals surface area contributed by atoms with Gasteiger partial charge in [-0.25, -0.2) is 26.9 Å². The zero-order valence-electron chi connectivity index (χ0n) is 21.4. The van der Waals surface area contributed by atoms with Crippen molar-refractivity contribution in [2.24, 2.45) is 5.14 Å². The molecule has 1 fully saturated rings. The third kappa shape index (κ3) is 6.77. The fourth-order valence-electron chi connectivity index (χ4n) is 4.27.